The number of hydrogen-bond acceptors (Lipinski definition) is 6. The molecule has 0 saturated carbocycles. The van der Waals surface area contributed by atoms with E-state index in [-0.39, 0.29) is 0 Å². The number of aromatic nitrogens is 3. The number of hydrogen-bond donors (Lipinski definition) is 1. The SMILES string of the molecule is COc1cccc(N2CC[C@@H](CNc3nn4cc(C)nc4s3)C2)c1. The highest BCUT2D eigenvalue weighted by atomic mass is 32.1. The summed E-state index contributed by atoms with van der Waals surface area (Å²) in [5.74, 6) is 1.53. The van der Waals surface area contributed by atoms with Gasteiger partial charge in [-0.05, 0) is 31.4 Å². The normalized spacial score (nSPS) is 17.6. The molecule has 0 spiro atoms. The average molecular weight is 343 g/mol. The Morgan fingerprint density at radius 1 is 1.42 bits per heavy atom. The predicted molar refractivity (Wildman–Crippen MR) is 97.4 cm³/mol. The van der Waals surface area contributed by atoms with Crippen LogP contribution < -0.4 is 15.0 Å². The van der Waals surface area contributed by atoms with E-state index in [4.69, 9.17) is 4.74 Å². The van der Waals surface area contributed by atoms with Crippen molar-refractivity contribution in [1.82, 2.24) is 14.6 Å². The van der Waals surface area contributed by atoms with Crippen LogP contribution in [0.15, 0.2) is 30.5 Å². The molecule has 1 aromatic carbocycles. The molecule has 2 aromatic heterocycles. The Kier molecular flexibility index (Phi) is 4.02. The fraction of sp³-hybridized carbons (Fsp3) is 0.412. The van der Waals surface area contributed by atoms with Gasteiger partial charge in [0.25, 0.3) is 0 Å². The monoisotopic (exact) mass is 343 g/mol. The van der Waals surface area contributed by atoms with Crippen LogP contribution in [0.3, 0.4) is 0 Å². The van der Waals surface area contributed by atoms with Crippen molar-refractivity contribution in [3.8, 4) is 5.75 Å². The molecule has 126 valence electrons. The number of benzene rings is 1. The van der Waals surface area contributed by atoms with Gasteiger partial charge in [0.1, 0.15) is 5.75 Å². The van der Waals surface area contributed by atoms with Gasteiger partial charge in [-0.25, -0.2) is 9.50 Å². The summed E-state index contributed by atoms with van der Waals surface area (Å²) in [5, 5.41) is 8.94. The van der Waals surface area contributed by atoms with Crippen molar-refractivity contribution >= 4 is 27.1 Å². The first-order valence-electron chi connectivity index (χ1n) is 8.17. The van der Waals surface area contributed by atoms with E-state index < -0.39 is 0 Å². The minimum absolute atomic E-state index is 0.620. The molecule has 0 radical (unpaired) electrons. The fourth-order valence-corrected chi connectivity index (χ4v) is 3.99. The second-order valence-corrected chi connectivity index (χ2v) is 7.16. The van der Waals surface area contributed by atoms with Gasteiger partial charge in [0.2, 0.25) is 10.1 Å². The van der Waals surface area contributed by atoms with Crippen molar-refractivity contribution < 1.29 is 4.74 Å². The third-order valence-corrected chi connectivity index (χ3v) is 5.29. The first-order valence-corrected chi connectivity index (χ1v) is 8.98. The lowest BCUT2D eigenvalue weighted by atomic mass is 10.1. The molecular formula is C17H21N5OS. The number of ether oxygens (including phenoxy) is 1. The van der Waals surface area contributed by atoms with Crippen LogP contribution in [0.5, 0.6) is 5.75 Å². The van der Waals surface area contributed by atoms with Crippen LogP contribution in [-0.2, 0) is 0 Å². The van der Waals surface area contributed by atoms with Crippen LogP contribution in [-0.4, -0.2) is 41.3 Å². The molecule has 1 aliphatic rings. The summed E-state index contributed by atoms with van der Waals surface area (Å²) >= 11 is 1.60. The predicted octanol–water partition coefficient (Wildman–Crippen LogP) is 3.05. The molecule has 0 amide bonds. The van der Waals surface area contributed by atoms with Gasteiger partial charge >= 0.3 is 0 Å². The quantitative estimate of drug-likeness (QED) is 0.772. The van der Waals surface area contributed by atoms with Gasteiger partial charge < -0.3 is 15.0 Å². The minimum Gasteiger partial charge on any atom is -0.497 e. The average Bonchev–Trinajstić information content (AvgIpc) is 3.27. The van der Waals surface area contributed by atoms with Crippen LogP contribution >= 0.6 is 11.3 Å². The van der Waals surface area contributed by atoms with Gasteiger partial charge in [-0.1, -0.05) is 17.4 Å². The van der Waals surface area contributed by atoms with Crippen molar-refractivity contribution in [1.29, 1.82) is 0 Å². The van der Waals surface area contributed by atoms with Gasteiger partial charge in [-0.2, -0.15) is 0 Å². The Hall–Kier alpha value is -2.28. The van der Waals surface area contributed by atoms with Gasteiger partial charge in [0.05, 0.1) is 19.0 Å². The lowest BCUT2D eigenvalue weighted by Crippen LogP contribution is -2.22. The van der Waals surface area contributed by atoms with E-state index in [0.29, 0.717) is 5.92 Å². The van der Waals surface area contributed by atoms with Crippen molar-refractivity contribution in [2.75, 3.05) is 37.0 Å². The number of aryl methyl sites for hydroxylation is 1. The second kappa shape index (κ2) is 6.32. The van der Waals surface area contributed by atoms with Crippen LogP contribution in [0, 0.1) is 12.8 Å². The van der Waals surface area contributed by atoms with Crippen molar-refractivity contribution in [2.24, 2.45) is 5.92 Å². The summed E-state index contributed by atoms with van der Waals surface area (Å²) in [6.45, 7) is 5.07. The number of methoxy groups -OCH3 is 1. The number of anilines is 2. The Morgan fingerprint density at radius 2 is 2.33 bits per heavy atom. The van der Waals surface area contributed by atoms with E-state index in [0.717, 1.165) is 41.2 Å². The molecule has 1 saturated heterocycles. The number of nitrogens with zero attached hydrogens (tertiary/aromatic N) is 4. The van der Waals surface area contributed by atoms with E-state index in [1.54, 1.807) is 18.4 Å². The highest BCUT2D eigenvalue weighted by molar-refractivity contribution is 7.20. The largest absolute Gasteiger partial charge is 0.497 e. The molecule has 0 aliphatic carbocycles. The first-order chi connectivity index (χ1) is 11.7. The third-order valence-electron chi connectivity index (χ3n) is 4.41. The summed E-state index contributed by atoms with van der Waals surface area (Å²) < 4.78 is 7.17. The lowest BCUT2D eigenvalue weighted by molar-refractivity contribution is 0.415. The molecular weight excluding hydrogens is 322 g/mol. The topological polar surface area (TPSA) is 54.7 Å². The van der Waals surface area contributed by atoms with Gasteiger partial charge in [-0.15, -0.1) is 5.10 Å². The van der Waals surface area contributed by atoms with E-state index >= 15 is 0 Å². The number of nitrogens with one attached hydrogen (secondary N) is 1. The first kappa shape index (κ1) is 15.3. The lowest BCUT2D eigenvalue weighted by Gasteiger charge is -2.19. The Labute approximate surface area is 145 Å². The van der Waals surface area contributed by atoms with Gasteiger partial charge in [0, 0.05) is 31.4 Å². The molecule has 1 N–H and O–H groups in total. The highest BCUT2D eigenvalue weighted by Gasteiger charge is 2.23. The third kappa shape index (κ3) is 3.03. The van der Waals surface area contributed by atoms with Gasteiger partial charge in [0.15, 0.2) is 0 Å². The Balaban J connectivity index is 1.35. The maximum Gasteiger partial charge on any atom is 0.214 e. The molecule has 1 atom stereocenters. The summed E-state index contributed by atoms with van der Waals surface area (Å²) in [7, 11) is 1.71. The molecule has 4 rings (SSSR count). The van der Waals surface area contributed by atoms with E-state index in [2.05, 4.69) is 32.4 Å². The molecule has 24 heavy (non-hydrogen) atoms. The van der Waals surface area contributed by atoms with Crippen LogP contribution in [0.4, 0.5) is 10.8 Å². The maximum absolute atomic E-state index is 5.32. The molecule has 0 bridgehead atoms. The summed E-state index contributed by atoms with van der Waals surface area (Å²) in [6.07, 6.45) is 3.14. The second-order valence-electron chi connectivity index (χ2n) is 6.20. The summed E-state index contributed by atoms with van der Waals surface area (Å²) in [5.41, 5.74) is 2.24. The molecule has 3 heterocycles. The van der Waals surface area contributed by atoms with Gasteiger partial charge in [-0.3, -0.25) is 0 Å². The molecule has 0 unspecified atom stereocenters. The zero-order valence-electron chi connectivity index (χ0n) is 13.9. The zero-order chi connectivity index (χ0) is 16.5. The Bertz CT molecular complexity index is 811. The summed E-state index contributed by atoms with van der Waals surface area (Å²) in [6, 6.07) is 8.29. The maximum atomic E-state index is 5.32. The van der Waals surface area contributed by atoms with Crippen LogP contribution in [0.2, 0.25) is 0 Å². The Morgan fingerprint density at radius 3 is 3.17 bits per heavy atom. The van der Waals surface area contributed by atoms with Crippen LogP contribution in [0.1, 0.15) is 12.1 Å². The smallest absolute Gasteiger partial charge is 0.214 e. The molecule has 6 nitrogen and oxygen atoms in total. The summed E-state index contributed by atoms with van der Waals surface area (Å²) in [4.78, 5) is 7.81. The number of rotatable bonds is 5. The molecule has 3 aromatic rings. The van der Waals surface area contributed by atoms with Crippen molar-refractivity contribution in [2.45, 2.75) is 13.3 Å². The van der Waals surface area contributed by atoms with Crippen molar-refractivity contribution in [3.05, 3.63) is 36.2 Å². The van der Waals surface area contributed by atoms with E-state index in [9.17, 15) is 0 Å². The standard InChI is InChI=1S/C17H21N5OS/c1-12-10-22-17(19-12)24-16(20-22)18-9-13-6-7-21(11-13)14-4-3-5-15(8-14)23-2/h3-5,8,10,13H,6-7,9,11H2,1-2H3,(H,18,20)/t13-/m0/s1. The zero-order valence-corrected chi connectivity index (χ0v) is 14.7. The molecule has 1 aliphatic heterocycles. The minimum atomic E-state index is 0.620. The number of fused-ring (bicyclic) bond motifs is 1. The highest BCUT2D eigenvalue weighted by Crippen LogP contribution is 2.27. The number of imidazole rings is 1. The van der Waals surface area contributed by atoms with Crippen molar-refractivity contribution in [3.63, 3.8) is 0 Å². The van der Waals surface area contributed by atoms with Crippen LogP contribution in [0.25, 0.3) is 4.96 Å². The molecule has 7 heteroatoms. The van der Waals surface area contributed by atoms with E-state index in [1.807, 2.05) is 29.8 Å². The molecule has 1 fully saturated rings. The fourth-order valence-electron chi connectivity index (χ4n) is 3.15. The van der Waals surface area contributed by atoms with E-state index in [1.165, 1.54) is 12.1 Å².